The lowest BCUT2D eigenvalue weighted by atomic mass is 9.80. The summed E-state index contributed by atoms with van der Waals surface area (Å²) < 4.78 is 4.95. The molecule has 0 saturated carbocycles. The molecule has 1 aliphatic carbocycles. The second-order valence-electron chi connectivity index (χ2n) is 5.75. The maximum atomic E-state index is 12.8. The molecule has 2 aromatic carbocycles. The highest BCUT2D eigenvalue weighted by atomic mass is 16.5. The Kier molecular flexibility index (Phi) is 4.11. The van der Waals surface area contributed by atoms with Crippen molar-refractivity contribution in [1.29, 1.82) is 0 Å². The van der Waals surface area contributed by atoms with Gasteiger partial charge in [0.15, 0.2) is 5.78 Å². The van der Waals surface area contributed by atoms with E-state index in [1.807, 2.05) is 60.7 Å². The fourth-order valence-corrected chi connectivity index (χ4v) is 3.13. The minimum Gasteiger partial charge on any atom is -0.468 e. The van der Waals surface area contributed by atoms with Crippen LogP contribution in [0.2, 0.25) is 0 Å². The molecule has 0 saturated heterocycles. The summed E-state index contributed by atoms with van der Waals surface area (Å²) in [4.78, 5) is 25.2. The summed E-state index contributed by atoms with van der Waals surface area (Å²) in [5.74, 6) is -0.603. The van der Waals surface area contributed by atoms with E-state index in [9.17, 15) is 9.59 Å². The number of Topliss-reactive ketones (excluding diaryl/α,β-unsaturated/α-hetero) is 1. The van der Waals surface area contributed by atoms with E-state index in [1.165, 1.54) is 7.11 Å². The maximum Gasteiger partial charge on any atom is 0.320 e. The van der Waals surface area contributed by atoms with Gasteiger partial charge >= 0.3 is 5.97 Å². The largest absolute Gasteiger partial charge is 0.468 e. The van der Waals surface area contributed by atoms with Crippen LogP contribution < -0.4 is 0 Å². The second-order valence-corrected chi connectivity index (χ2v) is 5.75. The lowest BCUT2D eigenvalue weighted by Crippen LogP contribution is -2.37. The Balaban J connectivity index is 1.90. The molecule has 3 nitrogen and oxygen atoms in total. The number of hydrogen-bond donors (Lipinski definition) is 0. The van der Waals surface area contributed by atoms with Crippen LogP contribution in [0.1, 0.15) is 27.9 Å². The molecular weight excluding hydrogens is 288 g/mol. The van der Waals surface area contributed by atoms with Gasteiger partial charge in [-0.15, -0.1) is 0 Å². The van der Waals surface area contributed by atoms with E-state index in [-0.39, 0.29) is 5.78 Å². The van der Waals surface area contributed by atoms with Crippen LogP contribution in [0.5, 0.6) is 0 Å². The molecule has 1 aliphatic rings. The van der Waals surface area contributed by atoms with Crippen molar-refractivity contribution < 1.29 is 14.3 Å². The molecule has 116 valence electrons. The summed E-state index contributed by atoms with van der Waals surface area (Å²) in [5, 5.41) is 0. The predicted octanol–water partition coefficient (Wildman–Crippen LogP) is 3.69. The van der Waals surface area contributed by atoms with Crippen molar-refractivity contribution in [3.63, 3.8) is 0 Å². The number of ketones is 1. The molecule has 0 aromatic heterocycles. The van der Waals surface area contributed by atoms with Crippen LogP contribution in [-0.4, -0.2) is 18.9 Å². The first kappa shape index (κ1) is 15.2. The van der Waals surface area contributed by atoms with E-state index in [0.29, 0.717) is 18.4 Å². The lowest BCUT2D eigenvalue weighted by molar-refractivity contribution is -0.149. The smallest absolute Gasteiger partial charge is 0.320 e. The van der Waals surface area contributed by atoms with Gasteiger partial charge in [0, 0.05) is 5.56 Å². The number of allylic oxidation sites excluding steroid dienone is 1. The molecule has 2 aromatic rings. The third kappa shape index (κ3) is 2.70. The quantitative estimate of drug-likeness (QED) is 0.639. The Morgan fingerprint density at radius 2 is 1.83 bits per heavy atom. The van der Waals surface area contributed by atoms with Gasteiger partial charge in [-0.05, 0) is 24.0 Å². The summed E-state index contributed by atoms with van der Waals surface area (Å²) in [6.45, 7) is 0. The van der Waals surface area contributed by atoms with Crippen LogP contribution >= 0.6 is 0 Å². The van der Waals surface area contributed by atoms with Crippen molar-refractivity contribution in [2.45, 2.75) is 12.8 Å². The van der Waals surface area contributed by atoms with E-state index in [1.54, 1.807) is 6.07 Å². The van der Waals surface area contributed by atoms with Crippen LogP contribution in [0.3, 0.4) is 0 Å². The molecule has 1 unspecified atom stereocenters. The summed E-state index contributed by atoms with van der Waals surface area (Å²) >= 11 is 0. The molecule has 0 amide bonds. The van der Waals surface area contributed by atoms with Crippen LogP contribution in [0.25, 0.3) is 6.08 Å². The van der Waals surface area contributed by atoms with Gasteiger partial charge in [0.2, 0.25) is 0 Å². The van der Waals surface area contributed by atoms with Gasteiger partial charge < -0.3 is 4.74 Å². The highest BCUT2D eigenvalue weighted by molar-refractivity contribution is 6.16. The fourth-order valence-electron chi connectivity index (χ4n) is 3.13. The van der Waals surface area contributed by atoms with Crippen LogP contribution in [0, 0.1) is 5.41 Å². The number of fused-ring (bicyclic) bond motifs is 1. The molecule has 1 atom stereocenters. The third-order valence-electron chi connectivity index (χ3n) is 4.34. The Labute approximate surface area is 135 Å². The van der Waals surface area contributed by atoms with Crippen molar-refractivity contribution in [3.8, 4) is 0 Å². The van der Waals surface area contributed by atoms with Gasteiger partial charge in [-0.3, -0.25) is 9.59 Å². The molecular formula is C20H18O3. The van der Waals surface area contributed by atoms with E-state index in [2.05, 4.69) is 0 Å². The standard InChI is InChI=1S/C20H18O3/c1-23-19(22)20(13-7-10-15-8-3-2-4-9-15)14-16-11-5-6-12-17(16)18(20)21/h2-12H,13-14H2,1H3/b10-7+. The minimum absolute atomic E-state index is 0.141. The molecule has 3 rings (SSSR count). The highest BCUT2D eigenvalue weighted by Gasteiger charge is 2.51. The molecule has 0 radical (unpaired) electrons. The van der Waals surface area contributed by atoms with Gasteiger partial charge in [0.25, 0.3) is 0 Å². The van der Waals surface area contributed by atoms with Gasteiger partial charge in [0.05, 0.1) is 7.11 Å². The first-order valence-electron chi connectivity index (χ1n) is 7.60. The van der Waals surface area contributed by atoms with Gasteiger partial charge in [-0.2, -0.15) is 0 Å². The van der Waals surface area contributed by atoms with E-state index >= 15 is 0 Å². The minimum atomic E-state index is -1.14. The first-order valence-corrected chi connectivity index (χ1v) is 7.60. The Morgan fingerprint density at radius 1 is 1.13 bits per heavy atom. The highest BCUT2D eigenvalue weighted by Crippen LogP contribution is 2.41. The molecule has 23 heavy (non-hydrogen) atoms. The normalized spacial score (nSPS) is 19.8. The first-order chi connectivity index (χ1) is 11.2. The molecule has 0 spiro atoms. The zero-order valence-electron chi connectivity index (χ0n) is 13.0. The maximum absolute atomic E-state index is 12.8. The number of carbonyl (C=O) groups is 2. The number of carbonyl (C=O) groups excluding carboxylic acids is 2. The zero-order chi connectivity index (χ0) is 16.3. The van der Waals surface area contributed by atoms with Crippen molar-refractivity contribution in [1.82, 2.24) is 0 Å². The summed E-state index contributed by atoms with van der Waals surface area (Å²) in [7, 11) is 1.33. The molecule has 0 N–H and O–H groups in total. The zero-order valence-corrected chi connectivity index (χ0v) is 13.0. The number of ether oxygens (including phenoxy) is 1. The number of hydrogen-bond acceptors (Lipinski definition) is 3. The molecule has 3 heteroatoms. The molecule has 0 bridgehead atoms. The van der Waals surface area contributed by atoms with Crippen LogP contribution in [0.4, 0.5) is 0 Å². The molecule has 0 heterocycles. The molecule has 0 fully saturated rings. The van der Waals surface area contributed by atoms with Crippen molar-refractivity contribution in [3.05, 3.63) is 77.4 Å². The summed E-state index contributed by atoms with van der Waals surface area (Å²) in [6.07, 6.45) is 4.55. The van der Waals surface area contributed by atoms with Gasteiger partial charge in [-0.1, -0.05) is 66.7 Å². The van der Waals surface area contributed by atoms with E-state index in [4.69, 9.17) is 4.74 Å². The van der Waals surface area contributed by atoms with Gasteiger partial charge in [0.1, 0.15) is 5.41 Å². The lowest BCUT2D eigenvalue weighted by Gasteiger charge is -2.22. The Hall–Kier alpha value is -2.68. The number of esters is 1. The van der Waals surface area contributed by atoms with Crippen molar-refractivity contribution >= 4 is 17.8 Å². The number of methoxy groups -OCH3 is 1. The third-order valence-corrected chi connectivity index (χ3v) is 4.34. The SMILES string of the molecule is COC(=O)C1(C/C=C/c2ccccc2)Cc2ccccc2C1=O. The van der Waals surface area contributed by atoms with Crippen molar-refractivity contribution in [2.75, 3.05) is 7.11 Å². The Morgan fingerprint density at radius 3 is 2.52 bits per heavy atom. The van der Waals surface area contributed by atoms with E-state index in [0.717, 1.165) is 11.1 Å². The van der Waals surface area contributed by atoms with Crippen molar-refractivity contribution in [2.24, 2.45) is 5.41 Å². The molecule has 0 aliphatic heterocycles. The predicted molar refractivity (Wildman–Crippen MR) is 89.0 cm³/mol. The van der Waals surface area contributed by atoms with Gasteiger partial charge in [-0.25, -0.2) is 0 Å². The Bertz CT molecular complexity index is 761. The number of benzene rings is 2. The average Bonchev–Trinajstić information content (AvgIpc) is 2.89. The van der Waals surface area contributed by atoms with E-state index < -0.39 is 11.4 Å². The summed E-state index contributed by atoms with van der Waals surface area (Å²) in [5.41, 5.74) is 1.45. The number of rotatable bonds is 4. The monoisotopic (exact) mass is 306 g/mol. The topological polar surface area (TPSA) is 43.4 Å². The summed E-state index contributed by atoms with van der Waals surface area (Å²) in [6, 6.07) is 17.2. The van der Waals surface area contributed by atoms with Crippen LogP contribution in [-0.2, 0) is 16.0 Å². The second kappa shape index (κ2) is 6.21. The average molecular weight is 306 g/mol. The van der Waals surface area contributed by atoms with Crippen LogP contribution in [0.15, 0.2) is 60.7 Å². The fraction of sp³-hybridized carbons (Fsp3) is 0.200.